The zero-order chi connectivity index (χ0) is 30.1. The van der Waals surface area contributed by atoms with E-state index in [1.54, 1.807) is 0 Å². The third kappa shape index (κ3) is 5.25. The van der Waals surface area contributed by atoms with Gasteiger partial charge in [-0.15, -0.1) is 0 Å². The number of hydrogen-bond acceptors (Lipinski definition) is 9. The molecular formula is C32H54O9. The van der Waals surface area contributed by atoms with Crippen molar-refractivity contribution in [1.29, 1.82) is 0 Å². The molecule has 0 amide bonds. The molecule has 9 heteroatoms. The maximum absolute atomic E-state index is 12.5. The molecule has 0 aromatic carbocycles. The monoisotopic (exact) mass is 582 g/mol. The summed E-state index contributed by atoms with van der Waals surface area (Å²) < 4.78 is 11.5. The van der Waals surface area contributed by atoms with Crippen LogP contribution in [0, 0.1) is 46.3 Å². The SMILES string of the molecule is CC(C)[C@H](/C=C/[C@@H](C)[C@H]1C[C@@H](O)[C@@H]2[C@]1(C)CC[C@@H]1[C@@]3(C)CC[C@H](O)C[C@@H]3[C@@H](O)C[C@]12O)O[C@H]1OC[C@@H](O)[C@H](O)[C@H]1O. The molecule has 4 saturated carbocycles. The molecule has 0 aromatic heterocycles. The molecule has 5 rings (SSSR count). The van der Waals surface area contributed by atoms with Gasteiger partial charge in [-0.25, -0.2) is 0 Å². The topological polar surface area (TPSA) is 160 Å². The zero-order valence-electron chi connectivity index (χ0n) is 25.3. The average Bonchev–Trinajstić information content (AvgIpc) is 3.18. The van der Waals surface area contributed by atoms with E-state index < -0.39 is 54.6 Å². The average molecular weight is 583 g/mol. The summed E-state index contributed by atoms with van der Waals surface area (Å²) in [5, 5.41) is 75.9. The van der Waals surface area contributed by atoms with Crippen molar-refractivity contribution in [2.45, 2.75) is 134 Å². The predicted molar refractivity (Wildman–Crippen MR) is 151 cm³/mol. The maximum Gasteiger partial charge on any atom is 0.186 e. The van der Waals surface area contributed by atoms with E-state index in [0.717, 1.165) is 19.3 Å². The summed E-state index contributed by atoms with van der Waals surface area (Å²) in [6, 6.07) is 0. The van der Waals surface area contributed by atoms with Crippen LogP contribution in [0.4, 0.5) is 0 Å². The summed E-state index contributed by atoms with van der Waals surface area (Å²) in [5.41, 5.74) is -1.75. The quantitative estimate of drug-likeness (QED) is 0.232. The number of aliphatic hydroxyl groups is 7. The fourth-order valence-electron chi connectivity index (χ4n) is 10.2. The molecule has 236 valence electrons. The van der Waals surface area contributed by atoms with Crippen LogP contribution in [0.5, 0.6) is 0 Å². The summed E-state index contributed by atoms with van der Waals surface area (Å²) in [6.07, 6.45) is 1.54. The van der Waals surface area contributed by atoms with Crippen LogP contribution < -0.4 is 0 Å². The molecule has 0 radical (unpaired) electrons. The highest BCUT2D eigenvalue weighted by atomic mass is 16.7. The molecule has 7 N–H and O–H groups in total. The molecule has 1 saturated heterocycles. The maximum atomic E-state index is 12.5. The molecular weight excluding hydrogens is 528 g/mol. The van der Waals surface area contributed by atoms with Gasteiger partial charge in [0, 0.05) is 12.3 Å². The van der Waals surface area contributed by atoms with E-state index in [1.807, 2.05) is 19.9 Å². The highest BCUT2D eigenvalue weighted by molar-refractivity contribution is 5.20. The van der Waals surface area contributed by atoms with Crippen molar-refractivity contribution in [2.24, 2.45) is 46.3 Å². The summed E-state index contributed by atoms with van der Waals surface area (Å²) in [5.74, 6) is -0.177. The van der Waals surface area contributed by atoms with Crippen LogP contribution in [0.25, 0.3) is 0 Å². The van der Waals surface area contributed by atoms with E-state index in [1.165, 1.54) is 0 Å². The predicted octanol–water partition coefficient (Wildman–Crippen LogP) is 1.74. The molecule has 5 fully saturated rings. The number of ether oxygens (including phenoxy) is 2. The fourth-order valence-corrected chi connectivity index (χ4v) is 10.2. The molecule has 4 aliphatic carbocycles. The minimum absolute atomic E-state index is 0.0252. The van der Waals surface area contributed by atoms with Gasteiger partial charge in [-0.3, -0.25) is 0 Å². The molecule has 0 spiro atoms. The summed E-state index contributed by atoms with van der Waals surface area (Å²) in [6.45, 7) is 10.4. The number of rotatable bonds is 6. The molecule has 5 aliphatic rings. The van der Waals surface area contributed by atoms with Crippen molar-refractivity contribution in [3.05, 3.63) is 12.2 Å². The van der Waals surface area contributed by atoms with Crippen molar-refractivity contribution >= 4 is 0 Å². The van der Waals surface area contributed by atoms with Gasteiger partial charge in [0.1, 0.15) is 18.3 Å². The molecule has 9 nitrogen and oxygen atoms in total. The Morgan fingerprint density at radius 2 is 1.51 bits per heavy atom. The second kappa shape index (κ2) is 11.4. The number of fused-ring (bicyclic) bond motifs is 5. The lowest BCUT2D eigenvalue weighted by atomic mass is 9.42. The number of allylic oxidation sites excluding steroid dienone is 1. The van der Waals surface area contributed by atoms with Crippen molar-refractivity contribution in [1.82, 2.24) is 0 Å². The van der Waals surface area contributed by atoms with Crippen LogP contribution in [0.1, 0.15) is 79.6 Å². The van der Waals surface area contributed by atoms with Gasteiger partial charge in [0.25, 0.3) is 0 Å². The van der Waals surface area contributed by atoms with Gasteiger partial charge in [-0.1, -0.05) is 46.8 Å². The smallest absolute Gasteiger partial charge is 0.186 e. The standard InChI is InChI=1S/C32H54O9/c1-16(2)24(41-29-27(38)26(37)23(36)15-40-29)7-6-17(3)19-13-21(34)28-31(19,5)11-9-25-30(4)10-8-18(33)12-20(30)22(35)14-32(25,28)39/h6-7,16-29,33-39H,8-15H2,1-5H3/b7-6+/t17-,18+,19-,20-,21-,22+,23-,24+,25-,26+,27-,28-,29-,30+,31-,32+/m1/s1. The first-order valence-corrected chi connectivity index (χ1v) is 15.9. The highest BCUT2D eigenvalue weighted by Crippen LogP contribution is 2.69. The van der Waals surface area contributed by atoms with Gasteiger partial charge in [-0.05, 0) is 78.9 Å². The van der Waals surface area contributed by atoms with E-state index in [0.29, 0.717) is 19.3 Å². The van der Waals surface area contributed by atoms with Crippen LogP contribution in [-0.2, 0) is 9.47 Å². The van der Waals surface area contributed by atoms with Crippen LogP contribution >= 0.6 is 0 Å². The fraction of sp³-hybridized carbons (Fsp3) is 0.938. The molecule has 41 heavy (non-hydrogen) atoms. The van der Waals surface area contributed by atoms with E-state index in [-0.39, 0.29) is 59.4 Å². The third-order valence-electron chi connectivity index (χ3n) is 12.4. The van der Waals surface area contributed by atoms with E-state index in [4.69, 9.17) is 9.47 Å². The Bertz CT molecular complexity index is 959. The first-order valence-electron chi connectivity index (χ1n) is 15.9. The lowest BCUT2D eigenvalue weighted by Gasteiger charge is -2.66. The van der Waals surface area contributed by atoms with Crippen molar-refractivity contribution in [3.63, 3.8) is 0 Å². The molecule has 1 aliphatic heterocycles. The second-order valence-corrected chi connectivity index (χ2v) is 15.1. The first kappa shape index (κ1) is 31.8. The number of hydrogen-bond donors (Lipinski definition) is 7. The van der Waals surface area contributed by atoms with Crippen LogP contribution in [-0.4, -0.2) is 97.0 Å². The first-order chi connectivity index (χ1) is 19.1. The van der Waals surface area contributed by atoms with Gasteiger partial charge in [0.15, 0.2) is 6.29 Å². The van der Waals surface area contributed by atoms with E-state index >= 15 is 0 Å². The normalized spacial score (nSPS) is 53.5. The Labute approximate surface area is 244 Å². The molecule has 1 heterocycles. The molecule has 0 bridgehead atoms. The summed E-state index contributed by atoms with van der Waals surface area (Å²) >= 11 is 0. The highest BCUT2D eigenvalue weighted by Gasteiger charge is 2.70. The van der Waals surface area contributed by atoms with Gasteiger partial charge in [0.2, 0.25) is 0 Å². The molecule has 0 aromatic rings. The van der Waals surface area contributed by atoms with Gasteiger partial charge >= 0.3 is 0 Å². The Morgan fingerprint density at radius 3 is 2.20 bits per heavy atom. The minimum atomic E-state index is -1.36. The Balaban J connectivity index is 1.34. The Hall–Kier alpha value is -0.620. The largest absolute Gasteiger partial charge is 0.393 e. The lowest BCUT2D eigenvalue weighted by Crippen LogP contribution is -2.68. The van der Waals surface area contributed by atoms with Crippen LogP contribution in [0.3, 0.4) is 0 Å². The van der Waals surface area contributed by atoms with Gasteiger partial charge < -0.3 is 45.2 Å². The second-order valence-electron chi connectivity index (χ2n) is 15.1. The number of aliphatic hydroxyl groups excluding tert-OH is 6. The lowest BCUT2D eigenvalue weighted by molar-refractivity contribution is -0.280. The summed E-state index contributed by atoms with van der Waals surface area (Å²) in [7, 11) is 0. The van der Waals surface area contributed by atoms with Gasteiger partial charge in [-0.2, -0.15) is 0 Å². The Morgan fingerprint density at radius 1 is 0.829 bits per heavy atom. The zero-order valence-corrected chi connectivity index (χ0v) is 25.3. The molecule has 16 atom stereocenters. The van der Waals surface area contributed by atoms with Crippen molar-refractivity contribution < 1.29 is 45.2 Å². The van der Waals surface area contributed by atoms with Crippen molar-refractivity contribution in [3.8, 4) is 0 Å². The van der Waals surface area contributed by atoms with Crippen molar-refractivity contribution in [2.75, 3.05) is 6.61 Å². The third-order valence-corrected chi connectivity index (χ3v) is 12.4. The Kier molecular flexibility index (Phi) is 8.83. The van der Waals surface area contributed by atoms with E-state index in [2.05, 4.69) is 26.8 Å². The molecule has 0 unspecified atom stereocenters. The van der Waals surface area contributed by atoms with Gasteiger partial charge in [0.05, 0.1) is 36.6 Å². The van der Waals surface area contributed by atoms with E-state index in [9.17, 15) is 35.7 Å². The minimum Gasteiger partial charge on any atom is -0.393 e. The van der Waals surface area contributed by atoms with Crippen LogP contribution in [0.2, 0.25) is 0 Å². The summed E-state index contributed by atoms with van der Waals surface area (Å²) in [4.78, 5) is 0. The van der Waals surface area contributed by atoms with Crippen LogP contribution in [0.15, 0.2) is 12.2 Å².